The quantitative estimate of drug-likeness (QED) is 0.561. The minimum absolute atomic E-state index is 0.730. The molecule has 0 aromatic heterocycles. The van der Waals surface area contributed by atoms with Gasteiger partial charge in [0.2, 0.25) is 0 Å². The van der Waals surface area contributed by atoms with Crippen molar-refractivity contribution in [3.63, 3.8) is 0 Å². The van der Waals surface area contributed by atoms with Crippen molar-refractivity contribution in [3.05, 3.63) is 19.4 Å². The zero-order valence-electron chi connectivity index (χ0n) is 10.4. The predicted octanol–water partition coefficient (Wildman–Crippen LogP) is 5.69. The average Bonchev–Trinajstić information content (AvgIpc) is 2.29. The molecule has 0 aliphatic carbocycles. The van der Waals surface area contributed by atoms with Crippen LogP contribution in [0, 0.1) is 0 Å². The molecule has 0 atom stereocenters. The summed E-state index contributed by atoms with van der Waals surface area (Å²) >= 11 is 7.76. The Bertz CT molecular complexity index is 304. The molecule has 0 N–H and O–H groups in total. The Balaban J connectivity index is 3.46. The zero-order valence-corrected chi connectivity index (χ0v) is 14.6. The van der Waals surface area contributed by atoms with Crippen LogP contribution in [0.25, 0.3) is 0 Å². The van der Waals surface area contributed by atoms with Crippen LogP contribution in [0.4, 0.5) is 0 Å². The van der Waals surface area contributed by atoms with E-state index in [0.29, 0.717) is 0 Å². The lowest BCUT2D eigenvalue weighted by molar-refractivity contribution is 0.924. The SMILES string of the molecule is CC1=C(Br)[Si](C(C)C)(C(C)C)C(Br)=C1C. The van der Waals surface area contributed by atoms with E-state index in [-0.39, 0.29) is 0 Å². The van der Waals surface area contributed by atoms with Crippen molar-refractivity contribution in [2.75, 3.05) is 0 Å². The summed E-state index contributed by atoms with van der Waals surface area (Å²) in [6.45, 7) is 13.9. The fourth-order valence-corrected chi connectivity index (χ4v) is 16.0. The van der Waals surface area contributed by atoms with Crippen LogP contribution < -0.4 is 0 Å². The van der Waals surface area contributed by atoms with Crippen LogP contribution in [0.15, 0.2) is 19.4 Å². The van der Waals surface area contributed by atoms with Gasteiger partial charge in [0.25, 0.3) is 0 Å². The number of hydrogen-bond acceptors (Lipinski definition) is 0. The lowest BCUT2D eigenvalue weighted by Gasteiger charge is -2.37. The molecule has 0 unspecified atom stereocenters. The second-order valence-corrected chi connectivity index (χ2v) is 13.2. The van der Waals surface area contributed by atoms with Gasteiger partial charge in [0, 0.05) is 0 Å². The largest absolute Gasteiger partial charge is 0.141 e. The van der Waals surface area contributed by atoms with Crippen molar-refractivity contribution in [2.24, 2.45) is 0 Å². The normalized spacial score (nSPS) is 21.2. The Hall–Kier alpha value is 0.657. The van der Waals surface area contributed by atoms with Crippen LogP contribution in [0.3, 0.4) is 0 Å². The standard InChI is InChI=1S/C12H20Br2Si/c1-7(2)15(8(3)4)11(13)9(5)10(6)12(15)14/h7-8H,1-6H3. The molecule has 0 nitrogen and oxygen atoms in total. The zero-order chi connectivity index (χ0) is 12.0. The van der Waals surface area contributed by atoms with Crippen molar-refractivity contribution in [3.8, 4) is 0 Å². The number of allylic oxidation sites excluding steroid dienone is 2. The second-order valence-electron chi connectivity index (χ2n) is 5.06. The molecule has 1 rings (SSSR count). The number of rotatable bonds is 2. The van der Waals surface area contributed by atoms with Gasteiger partial charge >= 0.3 is 0 Å². The molecule has 1 aliphatic heterocycles. The van der Waals surface area contributed by atoms with Crippen molar-refractivity contribution < 1.29 is 0 Å². The van der Waals surface area contributed by atoms with E-state index < -0.39 is 8.07 Å². The van der Waals surface area contributed by atoms with Gasteiger partial charge in [-0.1, -0.05) is 59.6 Å². The van der Waals surface area contributed by atoms with E-state index in [1.165, 1.54) is 19.4 Å². The minimum atomic E-state index is -1.53. The van der Waals surface area contributed by atoms with E-state index in [1.807, 2.05) is 0 Å². The molecule has 1 aliphatic rings. The van der Waals surface area contributed by atoms with Crippen molar-refractivity contribution in [1.29, 1.82) is 0 Å². The van der Waals surface area contributed by atoms with E-state index in [9.17, 15) is 0 Å². The van der Waals surface area contributed by atoms with Gasteiger partial charge in [0.15, 0.2) is 0 Å². The van der Waals surface area contributed by atoms with Crippen molar-refractivity contribution in [2.45, 2.75) is 52.6 Å². The highest BCUT2D eigenvalue weighted by atomic mass is 79.9. The third-order valence-electron chi connectivity index (χ3n) is 3.77. The second kappa shape index (κ2) is 4.50. The summed E-state index contributed by atoms with van der Waals surface area (Å²) in [4.78, 5) is 0. The Morgan fingerprint density at radius 3 is 1.20 bits per heavy atom. The molecular formula is C12H20Br2Si. The molecule has 3 heteroatoms. The van der Waals surface area contributed by atoms with Gasteiger partial charge in [-0.15, -0.1) is 0 Å². The summed E-state index contributed by atoms with van der Waals surface area (Å²) < 4.78 is 3.01. The maximum Gasteiger partial charge on any atom is 0.141 e. The van der Waals surface area contributed by atoms with Crippen LogP contribution in [0.5, 0.6) is 0 Å². The van der Waals surface area contributed by atoms with Gasteiger partial charge in [-0.05, 0) is 44.3 Å². The maximum atomic E-state index is 3.88. The van der Waals surface area contributed by atoms with Gasteiger partial charge in [0.1, 0.15) is 8.07 Å². The Labute approximate surface area is 111 Å². The van der Waals surface area contributed by atoms with Gasteiger partial charge in [0.05, 0.1) is 0 Å². The third kappa shape index (κ3) is 1.75. The van der Waals surface area contributed by atoms with Crippen LogP contribution in [-0.4, -0.2) is 8.07 Å². The molecule has 1 heterocycles. The summed E-state index contributed by atoms with van der Waals surface area (Å²) in [5.41, 5.74) is 4.37. The molecular weight excluding hydrogens is 332 g/mol. The average molecular weight is 352 g/mol. The lowest BCUT2D eigenvalue weighted by atomic mass is 10.2. The molecule has 0 saturated heterocycles. The minimum Gasteiger partial charge on any atom is -0.0645 e. The molecule has 0 spiro atoms. The van der Waals surface area contributed by atoms with E-state index >= 15 is 0 Å². The Morgan fingerprint density at radius 2 is 1.07 bits per heavy atom. The highest BCUT2D eigenvalue weighted by Gasteiger charge is 2.50. The fourth-order valence-electron chi connectivity index (χ4n) is 2.73. The van der Waals surface area contributed by atoms with E-state index in [2.05, 4.69) is 73.4 Å². The molecule has 0 aromatic carbocycles. The number of hydrogen-bond donors (Lipinski definition) is 0. The van der Waals surface area contributed by atoms with Crippen LogP contribution >= 0.6 is 31.9 Å². The lowest BCUT2D eigenvalue weighted by Crippen LogP contribution is -2.41. The summed E-state index contributed by atoms with van der Waals surface area (Å²) in [7, 11) is -1.53. The van der Waals surface area contributed by atoms with Gasteiger partial charge in [-0.2, -0.15) is 0 Å². The van der Waals surface area contributed by atoms with E-state index in [0.717, 1.165) is 11.1 Å². The Kier molecular flexibility index (Phi) is 4.11. The summed E-state index contributed by atoms with van der Waals surface area (Å²) in [5.74, 6) is 0. The maximum absolute atomic E-state index is 3.88. The van der Waals surface area contributed by atoms with Crippen LogP contribution in [-0.2, 0) is 0 Å². The van der Waals surface area contributed by atoms with E-state index in [4.69, 9.17) is 0 Å². The monoisotopic (exact) mass is 350 g/mol. The molecule has 86 valence electrons. The Morgan fingerprint density at radius 1 is 0.800 bits per heavy atom. The third-order valence-corrected chi connectivity index (χ3v) is 14.7. The van der Waals surface area contributed by atoms with Gasteiger partial charge in [-0.3, -0.25) is 0 Å². The first-order chi connectivity index (χ1) is 6.77. The molecule has 0 radical (unpaired) electrons. The fraction of sp³-hybridized carbons (Fsp3) is 0.667. The van der Waals surface area contributed by atoms with Crippen LogP contribution in [0.1, 0.15) is 41.5 Å². The number of halogens is 2. The van der Waals surface area contributed by atoms with E-state index in [1.54, 1.807) is 0 Å². The van der Waals surface area contributed by atoms with Crippen molar-refractivity contribution >= 4 is 39.9 Å². The van der Waals surface area contributed by atoms with Gasteiger partial charge < -0.3 is 0 Å². The van der Waals surface area contributed by atoms with Crippen molar-refractivity contribution in [1.82, 2.24) is 0 Å². The smallest absolute Gasteiger partial charge is 0.0645 e. The summed E-state index contributed by atoms with van der Waals surface area (Å²) in [6, 6.07) is 0. The molecule has 0 saturated carbocycles. The first-order valence-corrected chi connectivity index (χ1v) is 9.26. The predicted molar refractivity (Wildman–Crippen MR) is 79.2 cm³/mol. The van der Waals surface area contributed by atoms with Gasteiger partial charge in [-0.25, -0.2) is 0 Å². The molecule has 0 fully saturated rings. The van der Waals surface area contributed by atoms with Crippen LogP contribution in [0.2, 0.25) is 11.1 Å². The molecule has 0 bridgehead atoms. The molecule has 15 heavy (non-hydrogen) atoms. The molecule has 0 amide bonds. The first kappa shape index (κ1) is 13.7. The summed E-state index contributed by atoms with van der Waals surface area (Å²) in [5, 5.41) is 0. The molecule has 0 aromatic rings. The highest BCUT2D eigenvalue weighted by molar-refractivity contribution is 9.14. The first-order valence-electron chi connectivity index (χ1n) is 5.51. The summed E-state index contributed by atoms with van der Waals surface area (Å²) in [6.07, 6.45) is 0. The highest BCUT2D eigenvalue weighted by Crippen LogP contribution is 2.55. The topological polar surface area (TPSA) is 0 Å².